The van der Waals surface area contributed by atoms with E-state index in [1.807, 2.05) is 24.3 Å². The molecule has 1 aliphatic rings. The van der Waals surface area contributed by atoms with Gasteiger partial charge in [-0.3, -0.25) is 14.7 Å². The van der Waals surface area contributed by atoms with Crippen molar-refractivity contribution in [3.63, 3.8) is 0 Å². The van der Waals surface area contributed by atoms with E-state index in [9.17, 15) is 9.59 Å². The Morgan fingerprint density at radius 3 is 2.68 bits per heavy atom. The average molecular weight is 366 g/mol. The van der Waals surface area contributed by atoms with Gasteiger partial charge in [0.15, 0.2) is 5.69 Å². The smallest absolute Gasteiger partial charge is 0.272 e. The van der Waals surface area contributed by atoms with E-state index in [1.165, 1.54) is 0 Å². The Morgan fingerprint density at radius 2 is 1.96 bits per heavy atom. The Kier molecular flexibility index (Phi) is 6.39. The Bertz CT molecular complexity index is 739. The fourth-order valence-electron chi connectivity index (χ4n) is 3.30. The normalized spacial score (nSPS) is 15.6. The first-order valence-electron chi connectivity index (χ1n) is 8.36. The lowest BCUT2D eigenvalue weighted by Gasteiger charge is -2.28. The monoisotopic (exact) mass is 365 g/mol. The summed E-state index contributed by atoms with van der Waals surface area (Å²) in [4.78, 5) is 24.3. The van der Waals surface area contributed by atoms with Crippen molar-refractivity contribution in [3.8, 4) is 0 Å². The third-order valence-corrected chi connectivity index (χ3v) is 4.68. The van der Waals surface area contributed by atoms with Crippen molar-refractivity contribution in [2.45, 2.75) is 37.6 Å². The summed E-state index contributed by atoms with van der Waals surface area (Å²) in [5.41, 5.74) is 6.72. The van der Waals surface area contributed by atoms with Gasteiger partial charge in [0.05, 0.1) is 11.1 Å². The summed E-state index contributed by atoms with van der Waals surface area (Å²) in [6.07, 6.45) is 4.29. The lowest BCUT2D eigenvalue weighted by Crippen LogP contribution is -2.52. The number of nitrogens with zero attached hydrogens (tertiary/aromatic N) is 1. The maximum absolute atomic E-state index is 12.2. The molecule has 1 aromatic carbocycles. The maximum Gasteiger partial charge on any atom is 0.272 e. The van der Waals surface area contributed by atoms with Crippen molar-refractivity contribution in [1.29, 1.82) is 0 Å². The molecular formula is C17H24ClN5O2. The molecule has 5 N–H and O–H groups in total. The summed E-state index contributed by atoms with van der Waals surface area (Å²) in [5.74, 6) is -0.357. The van der Waals surface area contributed by atoms with Crippen LogP contribution in [0.25, 0.3) is 10.9 Å². The summed E-state index contributed by atoms with van der Waals surface area (Å²) >= 11 is 0. The number of carbonyl (C=O) groups is 2. The number of hydrogen-bond donors (Lipinski definition) is 4. The lowest BCUT2D eigenvalue weighted by molar-refractivity contribution is -0.122. The van der Waals surface area contributed by atoms with Gasteiger partial charge in [-0.2, -0.15) is 5.10 Å². The molecule has 1 fully saturated rings. The zero-order valence-electron chi connectivity index (χ0n) is 14.0. The zero-order valence-corrected chi connectivity index (χ0v) is 14.8. The van der Waals surface area contributed by atoms with Gasteiger partial charge in [-0.25, -0.2) is 0 Å². The number of hydrogen-bond acceptors (Lipinski definition) is 4. The van der Waals surface area contributed by atoms with Crippen LogP contribution in [-0.4, -0.2) is 40.6 Å². The van der Waals surface area contributed by atoms with E-state index in [2.05, 4.69) is 20.8 Å². The predicted molar refractivity (Wildman–Crippen MR) is 98.7 cm³/mol. The molecule has 1 saturated carbocycles. The third kappa shape index (κ3) is 4.29. The maximum atomic E-state index is 12.2. The van der Waals surface area contributed by atoms with E-state index in [1.54, 1.807) is 0 Å². The fraction of sp³-hybridized carbons (Fsp3) is 0.471. The summed E-state index contributed by atoms with van der Waals surface area (Å²) < 4.78 is 0. The van der Waals surface area contributed by atoms with E-state index < -0.39 is 0 Å². The molecule has 2 amide bonds. The molecule has 136 valence electrons. The number of benzene rings is 1. The third-order valence-electron chi connectivity index (χ3n) is 4.68. The number of rotatable bonds is 6. The molecule has 2 aromatic rings. The number of aromatic amines is 1. The number of halogens is 1. The number of carbonyl (C=O) groups excluding carboxylic acids is 2. The molecule has 1 aromatic heterocycles. The molecule has 1 aliphatic carbocycles. The molecule has 7 nitrogen and oxygen atoms in total. The first-order valence-corrected chi connectivity index (χ1v) is 8.36. The highest BCUT2D eigenvalue weighted by Gasteiger charge is 2.33. The molecule has 3 rings (SSSR count). The number of nitrogens with one attached hydrogen (secondary N) is 3. The van der Waals surface area contributed by atoms with Crippen molar-refractivity contribution in [2.75, 3.05) is 13.1 Å². The molecule has 0 unspecified atom stereocenters. The van der Waals surface area contributed by atoms with Crippen LogP contribution in [0.15, 0.2) is 24.3 Å². The number of fused-ring (bicyclic) bond motifs is 1. The van der Waals surface area contributed by atoms with Crippen LogP contribution in [0.1, 0.15) is 42.6 Å². The molecule has 25 heavy (non-hydrogen) atoms. The van der Waals surface area contributed by atoms with Crippen LogP contribution in [0.4, 0.5) is 0 Å². The van der Waals surface area contributed by atoms with Gasteiger partial charge in [-0.1, -0.05) is 31.0 Å². The van der Waals surface area contributed by atoms with Crippen molar-refractivity contribution in [3.05, 3.63) is 30.0 Å². The fourth-order valence-corrected chi connectivity index (χ4v) is 3.30. The highest BCUT2D eigenvalue weighted by molar-refractivity contribution is 6.04. The largest absolute Gasteiger partial charge is 0.350 e. The van der Waals surface area contributed by atoms with Crippen molar-refractivity contribution < 1.29 is 9.59 Å². The number of para-hydroxylation sites is 1. The van der Waals surface area contributed by atoms with Gasteiger partial charge in [-0.15, -0.1) is 12.4 Å². The number of nitrogens with two attached hydrogens (primary N) is 1. The minimum absolute atomic E-state index is 0. The topological polar surface area (TPSA) is 113 Å². The van der Waals surface area contributed by atoms with Crippen molar-refractivity contribution >= 4 is 35.1 Å². The molecule has 1 heterocycles. The number of H-pyrrole nitrogens is 1. The van der Waals surface area contributed by atoms with Crippen molar-refractivity contribution in [1.82, 2.24) is 20.8 Å². The van der Waals surface area contributed by atoms with E-state index in [0.29, 0.717) is 12.2 Å². The Hall–Kier alpha value is -2.12. The summed E-state index contributed by atoms with van der Waals surface area (Å²) in [6.45, 7) is 0.733. The molecule has 0 aliphatic heterocycles. The minimum atomic E-state index is -0.283. The minimum Gasteiger partial charge on any atom is -0.350 e. The van der Waals surface area contributed by atoms with Crippen LogP contribution in [0, 0.1) is 0 Å². The van der Waals surface area contributed by atoms with Crippen LogP contribution in [-0.2, 0) is 4.79 Å². The summed E-state index contributed by atoms with van der Waals surface area (Å²) in [5, 5.41) is 13.4. The Labute approximate surface area is 152 Å². The Balaban J connectivity index is 0.00000225. The van der Waals surface area contributed by atoms with E-state index >= 15 is 0 Å². The molecule has 0 bridgehead atoms. The quantitative estimate of drug-likeness (QED) is 0.621. The number of aromatic nitrogens is 2. The van der Waals surface area contributed by atoms with Gasteiger partial charge in [0.2, 0.25) is 5.91 Å². The lowest BCUT2D eigenvalue weighted by atomic mass is 9.97. The van der Waals surface area contributed by atoms with E-state index in [-0.39, 0.29) is 42.7 Å². The first kappa shape index (κ1) is 19.2. The predicted octanol–water partition coefficient (Wildman–Crippen LogP) is 1.49. The second kappa shape index (κ2) is 8.31. The molecule has 8 heteroatoms. The SMILES string of the molecule is Cl.NCC1(NC(=O)CCNC(=O)c2n[nH]c3ccccc23)CCCC1. The average Bonchev–Trinajstić information content (AvgIpc) is 3.22. The van der Waals surface area contributed by atoms with Gasteiger partial charge in [0.1, 0.15) is 0 Å². The van der Waals surface area contributed by atoms with Gasteiger partial charge in [0.25, 0.3) is 5.91 Å². The van der Waals surface area contributed by atoms with Gasteiger partial charge in [-0.05, 0) is 18.9 Å². The molecule has 0 radical (unpaired) electrons. The van der Waals surface area contributed by atoms with Gasteiger partial charge in [0, 0.05) is 24.9 Å². The second-order valence-electron chi connectivity index (χ2n) is 6.36. The van der Waals surface area contributed by atoms with Crippen LogP contribution >= 0.6 is 12.4 Å². The van der Waals surface area contributed by atoms with Gasteiger partial charge >= 0.3 is 0 Å². The van der Waals surface area contributed by atoms with Crippen molar-refractivity contribution in [2.24, 2.45) is 5.73 Å². The molecule has 0 spiro atoms. The summed E-state index contributed by atoms with van der Waals surface area (Å²) in [7, 11) is 0. The summed E-state index contributed by atoms with van der Waals surface area (Å²) in [6, 6.07) is 7.44. The zero-order chi connectivity index (χ0) is 17.0. The van der Waals surface area contributed by atoms with Crippen LogP contribution < -0.4 is 16.4 Å². The first-order chi connectivity index (χ1) is 11.6. The highest BCUT2D eigenvalue weighted by atomic mass is 35.5. The number of amides is 2. The van der Waals surface area contributed by atoms with Crippen LogP contribution in [0.2, 0.25) is 0 Å². The molecule has 0 atom stereocenters. The Morgan fingerprint density at radius 1 is 1.24 bits per heavy atom. The van der Waals surface area contributed by atoms with Crippen LogP contribution in [0.5, 0.6) is 0 Å². The molecular weight excluding hydrogens is 342 g/mol. The standard InChI is InChI=1S/C17H23N5O2.ClH/c18-11-17(8-3-4-9-17)20-14(23)7-10-19-16(24)15-12-5-1-2-6-13(12)21-22-15;/h1-2,5-6H,3-4,7-11,18H2,(H,19,24)(H,20,23)(H,21,22);1H. The highest BCUT2D eigenvalue weighted by Crippen LogP contribution is 2.28. The van der Waals surface area contributed by atoms with E-state index in [4.69, 9.17) is 5.73 Å². The molecule has 0 saturated heterocycles. The van der Waals surface area contributed by atoms with E-state index in [0.717, 1.165) is 36.6 Å². The second-order valence-corrected chi connectivity index (χ2v) is 6.36. The van der Waals surface area contributed by atoms with Crippen LogP contribution in [0.3, 0.4) is 0 Å². The van der Waals surface area contributed by atoms with Gasteiger partial charge < -0.3 is 16.4 Å².